The maximum Gasteiger partial charge on any atom is 0.306 e. The van der Waals surface area contributed by atoms with E-state index in [2.05, 4.69) is 0 Å². The van der Waals surface area contributed by atoms with Crippen molar-refractivity contribution in [2.24, 2.45) is 0 Å². The van der Waals surface area contributed by atoms with E-state index in [-0.39, 0.29) is 17.9 Å². The lowest BCUT2D eigenvalue weighted by atomic mass is 10.2. The summed E-state index contributed by atoms with van der Waals surface area (Å²) in [5.41, 5.74) is 0.452. The minimum Gasteiger partial charge on any atom is -0.493 e. The van der Waals surface area contributed by atoms with Crippen LogP contribution >= 0.6 is 10.7 Å². The zero-order valence-corrected chi connectivity index (χ0v) is 10.6. The molecule has 1 rings (SSSR count). The van der Waals surface area contributed by atoms with Gasteiger partial charge in [-0.2, -0.15) is 0 Å². The summed E-state index contributed by atoms with van der Waals surface area (Å²) < 4.78 is 27.4. The number of hydrogen-bond acceptors (Lipinski definition) is 4. The summed E-state index contributed by atoms with van der Waals surface area (Å²) in [5.74, 6) is -0.547. The first-order valence-electron chi connectivity index (χ1n) is 4.70. The van der Waals surface area contributed by atoms with Crippen LogP contribution < -0.4 is 4.74 Å². The van der Waals surface area contributed by atoms with Gasteiger partial charge >= 0.3 is 5.97 Å². The molecule has 17 heavy (non-hydrogen) atoms. The van der Waals surface area contributed by atoms with Crippen molar-refractivity contribution in [2.75, 3.05) is 6.61 Å². The minimum absolute atomic E-state index is 0.0183. The van der Waals surface area contributed by atoms with Crippen LogP contribution in [0.2, 0.25) is 0 Å². The molecule has 1 aromatic rings. The topological polar surface area (TPSA) is 80.7 Å². The average Bonchev–Trinajstić information content (AvgIpc) is 2.14. The highest BCUT2D eigenvalue weighted by Gasteiger charge is 2.13. The molecule has 94 valence electrons. The Morgan fingerprint density at radius 2 is 2.12 bits per heavy atom. The number of aryl methyl sites for hydroxylation is 1. The van der Waals surface area contributed by atoms with Crippen molar-refractivity contribution in [1.29, 1.82) is 0 Å². The maximum atomic E-state index is 11.1. The normalized spacial score (nSPS) is 11.2. The number of halogens is 1. The van der Waals surface area contributed by atoms with Crippen molar-refractivity contribution in [2.45, 2.75) is 18.2 Å². The van der Waals surface area contributed by atoms with E-state index >= 15 is 0 Å². The van der Waals surface area contributed by atoms with Crippen LogP contribution in [-0.4, -0.2) is 26.1 Å². The molecule has 0 fully saturated rings. The van der Waals surface area contributed by atoms with Gasteiger partial charge in [0.1, 0.15) is 5.75 Å². The number of benzene rings is 1. The third-order valence-corrected chi connectivity index (χ3v) is 3.48. The van der Waals surface area contributed by atoms with Gasteiger partial charge in [-0.1, -0.05) is 0 Å². The van der Waals surface area contributed by atoms with Crippen LogP contribution in [0.1, 0.15) is 12.0 Å². The first kappa shape index (κ1) is 13.8. The van der Waals surface area contributed by atoms with Gasteiger partial charge in [0.05, 0.1) is 17.9 Å². The fourth-order valence-electron chi connectivity index (χ4n) is 1.24. The van der Waals surface area contributed by atoms with E-state index in [1.807, 2.05) is 0 Å². The number of carboxylic acid groups (broad SMARTS) is 1. The Bertz CT molecular complexity index is 523. The second-order valence-corrected chi connectivity index (χ2v) is 5.89. The standard InChI is InChI=1S/C10H11ClO5S/c1-7-6-8(16-5-4-10(12)13)2-3-9(7)17(11,14)15/h2-3,6H,4-5H2,1H3,(H,12,13). The van der Waals surface area contributed by atoms with Gasteiger partial charge in [-0.3, -0.25) is 4.79 Å². The summed E-state index contributed by atoms with van der Waals surface area (Å²) >= 11 is 0. The number of carboxylic acids is 1. The van der Waals surface area contributed by atoms with Crippen LogP contribution in [0.15, 0.2) is 23.1 Å². The number of rotatable bonds is 5. The van der Waals surface area contributed by atoms with Crippen LogP contribution in [0.25, 0.3) is 0 Å². The number of aliphatic carboxylic acids is 1. The number of ether oxygens (including phenoxy) is 1. The Labute approximate surface area is 103 Å². The van der Waals surface area contributed by atoms with Gasteiger partial charge in [0.25, 0.3) is 9.05 Å². The second-order valence-electron chi connectivity index (χ2n) is 3.36. The average molecular weight is 279 g/mol. The van der Waals surface area contributed by atoms with E-state index in [9.17, 15) is 13.2 Å². The Hall–Kier alpha value is -1.27. The molecule has 0 saturated heterocycles. The van der Waals surface area contributed by atoms with Gasteiger partial charge in [0, 0.05) is 10.7 Å². The van der Waals surface area contributed by atoms with Gasteiger partial charge in [0.15, 0.2) is 0 Å². The summed E-state index contributed by atoms with van der Waals surface area (Å²) in [4.78, 5) is 10.3. The zero-order valence-electron chi connectivity index (χ0n) is 9.01. The molecule has 0 heterocycles. The molecule has 0 radical (unpaired) electrons. The lowest BCUT2D eigenvalue weighted by molar-refractivity contribution is -0.137. The molecule has 0 spiro atoms. The van der Waals surface area contributed by atoms with Gasteiger partial charge in [0.2, 0.25) is 0 Å². The molecule has 5 nitrogen and oxygen atoms in total. The zero-order chi connectivity index (χ0) is 13.1. The highest BCUT2D eigenvalue weighted by molar-refractivity contribution is 8.13. The molecule has 0 saturated carbocycles. The molecule has 1 aromatic carbocycles. The van der Waals surface area contributed by atoms with Crippen LogP contribution in [0.5, 0.6) is 5.75 Å². The predicted octanol–water partition coefficient (Wildman–Crippen LogP) is 1.78. The van der Waals surface area contributed by atoms with Crippen molar-refractivity contribution in [3.63, 3.8) is 0 Å². The van der Waals surface area contributed by atoms with Crippen molar-refractivity contribution in [3.8, 4) is 5.75 Å². The molecule has 0 aromatic heterocycles. The van der Waals surface area contributed by atoms with Crippen LogP contribution in [-0.2, 0) is 13.8 Å². The quantitative estimate of drug-likeness (QED) is 0.830. The molecule has 7 heteroatoms. The highest BCUT2D eigenvalue weighted by atomic mass is 35.7. The van der Waals surface area contributed by atoms with E-state index in [4.69, 9.17) is 20.5 Å². The Morgan fingerprint density at radius 1 is 1.47 bits per heavy atom. The van der Waals surface area contributed by atoms with Gasteiger partial charge in [-0.25, -0.2) is 8.42 Å². The van der Waals surface area contributed by atoms with Crippen LogP contribution in [0.4, 0.5) is 0 Å². The van der Waals surface area contributed by atoms with E-state index in [0.717, 1.165) is 0 Å². The van der Waals surface area contributed by atoms with Gasteiger partial charge in [-0.05, 0) is 30.7 Å². The Morgan fingerprint density at radius 3 is 2.59 bits per heavy atom. The van der Waals surface area contributed by atoms with E-state index in [1.54, 1.807) is 6.92 Å². The second kappa shape index (κ2) is 5.37. The number of carbonyl (C=O) groups is 1. The smallest absolute Gasteiger partial charge is 0.306 e. The summed E-state index contributed by atoms with van der Waals surface area (Å²) in [6.07, 6.45) is -0.116. The molecule has 0 bridgehead atoms. The lowest BCUT2D eigenvalue weighted by Gasteiger charge is -2.07. The third kappa shape index (κ3) is 4.24. The summed E-state index contributed by atoms with van der Waals surface area (Å²) in [6, 6.07) is 4.26. The maximum absolute atomic E-state index is 11.1. The molecule has 0 unspecified atom stereocenters. The molecule has 0 aliphatic carbocycles. The molecule has 1 N–H and O–H groups in total. The van der Waals surface area contributed by atoms with E-state index in [1.165, 1.54) is 18.2 Å². The molecule has 0 atom stereocenters. The summed E-state index contributed by atoms with van der Waals surface area (Å²) in [7, 11) is 1.45. The van der Waals surface area contributed by atoms with Gasteiger partial charge < -0.3 is 9.84 Å². The van der Waals surface area contributed by atoms with Gasteiger partial charge in [-0.15, -0.1) is 0 Å². The molecular weight excluding hydrogens is 268 g/mol. The largest absolute Gasteiger partial charge is 0.493 e. The van der Waals surface area contributed by atoms with Crippen LogP contribution in [0, 0.1) is 6.92 Å². The summed E-state index contributed by atoms with van der Waals surface area (Å²) in [5, 5.41) is 8.42. The third-order valence-electron chi connectivity index (χ3n) is 1.99. The monoisotopic (exact) mass is 278 g/mol. The lowest BCUT2D eigenvalue weighted by Crippen LogP contribution is -2.05. The molecule has 0 amide bonds. The first-order valence-corrected chi connectivity index (χ1v) is 7.01. The first-order chi connectivity index (χ1) is 7.80. The Balaban J connectivity index is 2.79. The van der Waals surface area contributed by atoms with Crippen molar-refractivity contribution >= 4 is 25.7 Å². The van der Waals surface area contributed by atoms with Crippen LogP contribution in [0.3, 0.4) is 0 Å². The minimum atomic E-state index is -3.76. The predicted molar refractivity (Wildman–Crippen MR) is 62.0 cm³/mol. The molecule has 0 aliphatic heterocycles. The van der Waals surface area contributed by atoms with Crippen molar-refractivity contribution in [3.05, 3.63) is 23.8 Å². The fourth-order valence-corrected chi connectivity index (χ4v) is 2.43. The van der Waals surface area contributed by atoms with Crippen molar-refractivity contribution in [1.82, 2.24) is 0 Å². The van der Waals surface area contributed by atoms with Crippen molar-refractivity contribution < 1.29 is 23.1 Å². The highest BCUT2D eigenvalue weighted by Crippen LogP contribution is 2.23. The molecule has 0 aliphatic rings. The van der Waals surface area contributed by atoms with E-state index in [0.29, 0.717) is 11.3 Å². The SMILES string of the molecule is Cc1cc(OCCC(=O)O)ccc1S(=O)(=O)Cl. The molecular formula is C10H11ClO5S. The van der Waals surface area contributed by atoms with E-state index < -0.39 is 15.0 Å². The summed E-state index contributed by atoms with van der Waals surface area (Å²) in [6.45, 7) is 1.61. The fraction of sp³-hybridized carbons (Fsp3) is 0.300. The Kier molecular flexibility index (Phi) is 4.36. The number of hydrogen-bond donors (Lipinski definition) is 1.